The van der Waals surface area contributed by atoms with Gasteiger partial charge in [-0.1, -0.05) is 36.7 Å². The first kappa shape index (κ1) is 8.53. The zero-order chi connectivity index (χ0) is 8.10. The topological polar surface area (TPSA) is 0 Å². The Morgan fingerprint density at radius 2 is 2.00 bits per heavy atom. The maximum Gasteiger partial charge on any atom is 0.0222 e. The van der Waals surface area contributed by atoms with Crippen molar-refractivity contribution in [2.45, 2.75) is 25.8 Å². The Labute approximate surface area is 72.1 Å². The first-order valence-electron chi connectivity index (χ1n) is 4.03. The average Bonchev–Trinajstić information content (AvgIpc) is 2.03. The Kier molecular flexibility index (Phi) is 3.37. The number of aryl methyl sites for hydroxylation is 2. The SMILES string of the molecule is Cc1ccccc1CCC[Si]. The molecule has 0 aromatic heterocycles. The fraction of sp³-hybridized carbons (Fsp3) is 0.400. The summed E-state index contributed by atoms with van der Waals surface area (Å²) in [5.41, 5.74) is 2.89. The van der Waals surface area contributed by atoms with Crippen LogP contribution in [-0.4, -0.2) is 10.2 Å². The summed E-state index contributed by atoms with van der Waals surface area (Å²) >= 11 is 0. The lowest BCUT2D eigenvalue weighted by Gasteiger charge is -2.02. The number of benzene rings is 1. The van der Waals surface area contributed by atoms with E-state index in [2.05, 4.69) is 41.4 Å². The maximum absolute atomic E-state index is 3.48. The summed E-state index contributed by atoms with van der Waals surface area (Å²) in [6.45, 7) is 2.17. The first-order valence-corrected chi connectivity index (χ1v) is 4.74. The van der Waals surface area contributed by atoms with Gasteiger partial charge in [-0.05, 0) is 24.5 Å². The molecular formula is C10H13Si. The molecule has 0 unspecified atom stereocenters. The molecule has 1 aromatic carbocycles. The van der Waals surface area contributed by atoms with Crippen LogP contribution in [0, 0.1) is 6.92 Å². The van der Waals surface area contributed by atoms with E-state index in [0.717, 1.165) is 6.04 Å². The first-order chi connectivity index (χ1) is 5.34. The maximum atomic E-state index is 3.48. The van der Waals surface area contributed by atoms with Crippen LogP contribution < -0.4 is 0 Å². The molecule has 0 heterocycles. The van der Waals surface area contributed by atoms with Crippen molar-refractivity contribution in [3.05, 3.63) is 35.4 Å². The molecule has 0 bridgehead atoms. The molecule has 0 spiro atoms. The van der Waals surface area contributed by atoms with Gasteiger partial charge in [-0.3, -0.25) is 0 Å². The summed E-state index contributed by atoms with van der Waals surface area (Å²) in [6, 6.07) is 9.66. The standard InChI is InChI=1S/C10H13Si/c1-9-5-2-3-6-10(9)7-4-8-11/h2-3,5-6H,4,7-8H2,1H3. The molecule has 0 aliphatic heterocycles. The van der Waals surface area contributed by atoms with Crippen LogP contribution in [-0.2, 0) is 6.42 Å². The van der Waals surface area contributed by atoms with E-state index in [-0.39, 0.29) is 0 Å². The number of hydrogen-bond acceptors (Lipinski definition) is 0. The van der Waals surface area contributed by atoms with E-state index in [1.165, 1.54) is 24.0 Å². The van der Waals surface area contributed by atoms with Crippen LogP contribution in [0.3, 0.4) is 0 Å². The molecule has 57 valence electrons. The molecule has 1 rings (SSSR count). The minimum atomic E-state index is 1.09. The molecular weight excluding hydrogens is 148 g/mol. The zero-order valence-electron chi connectivity index (χ0n) is 6.93. The van der Waals surface area contributed by atoms with E-state index < -0.39 is 0 Å². The van der Waals surface area contributed by atoms with Crippen molar-refractivity contribution in [1.29, 1.82) is 0 Å². The van der Waals surface area contributed by atoms with E-state index in [9.17, 15) is 0 Å². The second-order valence-corrected chi connectivity index (χ2v) is 3.28. The van der Waals surface area contributed by atoms with Gasteiger partial charge in [-0.2, -0.15) is 0 Å². The Morgan fingerprint density at radius 1 is 1.27 bits per heavy atom. The molecule has 0 saturated carbocycles. The smallest absolute Gasteiger partial charge is 0.0222 e. The van der Waals surface area contributed by atoms with Gasteiger partial charge >= 0.3 is 0 Å². The van der Waals surface area contributed by atoms with E-state index in [4.69, 9.17) is 0 Å². The van der Waals surface area contributed by atoms with Crippen molar-refractivity contribution >= 4 is 10.2 Å². The van der Waals surface area contributed by atoms with Crippen molar-refractivity contribution in [3.63, 3.8) is 0 Å². The second-order valence-electron chi connectivity index (χ2n) is 2.78. The predicted octanol–water partition coefficient (Wildman–Crippen LogP) is 2.51. The summed E-state index contributed by atoms with van der Waals surface area (Å²) in [7, 11) is 3.48. The van der Waals surface area contributed by atoms with Crippen LogP contribution in [0.5, 0.6) is 0 Å². The molecule has 0 amide bonds. The Hall–Kier alpha value is -0.563. The summed E-state index contributed by atoms with van der Waals surface area (Å²) < 4.78 is 0. The highest BCUT2D eigenvalue weighted by molar-refractivity contribution is 6.08. The Balaban J connectivity index is 2.62. The minimum absolute atomic E-state index is 1.09. The van der Waals surface area contributed by atoms with E-state index in [1.54, 1.807) is 0 Å². The van der Waals surface area contributed by atoms with Gasteiger partial charge in [-0.15, -0.1) is 0 Å². The molecule has 0 atom stereocenters. The minimum Gasteiger partial charge on any atom is -0.0635 e. The van der Waals surface area contributed by atoms with E-state index >= 15 is 0 Å². The van der Waals surface area contributed by atoms with E-state index in [1.807, 2.05) is 0 Å². The van der Waals surface area contributed by atoms with Crippen molar-refractivity contribution in [3.8, 4) is 0 Å². The van der Waals surface area contributed by atoms with Gasteiger partial charge in [0.2, 0.25) is 0 Å². The highest BCUT2D eigenvalue weighted by atomic mass is 28.1. The molecule has 3 radical (unpaired) electrons. The normalized spacial score (nSPS) is 10.0. The monoisotopic (exact) mass is 161 g/mol. The molecule has 0 aliphatic carbocycles. The molecule has 0 nitrogen and oxygen atoms in total. The summed E-state index contributed by atoms with van der Waals surface area (Å²) in [5.74, 6) is 0. The highest BCUT2D eigenvalue weighted by Crippen LogP contribution is 2.09. The molecule has 1 heteroatoms. The number of rotatable bonds is 3. The second kappa shape index (κ2) is 4.34. The van der Waals surface area contributed by atoms with Gasteiger partial charge in [0.15, 0.2) is 0 Å². The summed E-state index contributed by atoms with van der Waals surface area (Å²) in [6.07, 6.45) is 2.41. The molecule has 11 heavy (non-hydrogen) atoms. The van der Waals surface area contributed by atoms with Crippen molar-refractivity contribution in [2.75, 3.05) is 0 Å². The third-order valence-corrected chi connectivity index (χ3v) is 2.24. The van der Waals surface area contributed by atoms with Crippen molar-refractivity contribution in [1.82, 2.24) is 0 Å². The molecule has 0 N–H and O–H groups in total. The Morgan fingerprint density at radius 3 is 2.64 bits per heavy atom. The Bertz CT molecular complexity index is 218. The van der Waals surface area contributed by atoms with Gasteiger partial charge in [0, 0.05) is 10.2 Å². The number of hydrogen-bond donors (Lipinski definition) is 0. The molecule has 0 aliphatic rings. The van der Waals surface area contributed by atoms with Crippen LogP contribution in [0.2, 0.25) is 6.04 Å². The quantitative estimate of drug-likeness (QED) is 0.598. The highest BCUT2D eigenvalue weighted by Gasteiger charge is 1.94. The zero-order valence-corrected chi connectivity index (χ0v) is 7.93. The van der Waals surface area contributed by atoms with E-state index in [0.29, 0.717) is 0 Å². The van der Waals surface area contributed by atoms with Crippen molar-refractivity contribution < 1.29 is 0 Å². The van der Waals surface area contributed by atoms with Gasteiger partial charge in [0.25, 0.3) is 0 Å². The lowest BCUT2D eigenvalue weighted by atomic mass is 10.1. The fourth-order valence-electron chi connectivity index (χ4n) is 1.17. The molecule has 0 fully saturated rings. The molecule has 1 aromatic rings. The lowest BCUT2D eigenvalue weighted by molar-refractivity contribution is 0.910. The fourth-order valence-corrected chi connectivity index (χ4v) is 1.35. The van der Waals surface area contributed by atoms with Gasteiger partial charge < -0.3 is 0 Å². The third kappa shape index (κ3) is 2.50. The van der Waals surface area contributed by atoms with Crippen LogP contribution in [0.4, 0.5) is 0 Å². The predicted molar refractivity (Wildman–Crippen MR) is 50.1 cm³/mol. The van der Waals surface area contributed by atoms with Gasteiger partial charge in [-0.25, -0.2) is 0 Å². The third-order valence-electron chi connectivity index (χ3n) is 1.88. The average molecular weight is 161 g/mol. The largest absolute Gasteiger partial charge is 0.0635 e. The molecule has 0 saturated heterocycles. The van der Waals surface area contributed by atoms with Gasteiger partial charge in [0.05, 0.1) is 0 Å². The van der Waals surface area contributed by atoms with Crippen LogP contribution in [0.15, 0.2) is 24.3 Å². The van der Waals surface area contributed by atoms with Crippen LogP contribution in [0.25, 0.3) is 0 Å². The van der Waals surface area contributed by atoms with Crippen molar-refractivity contribution in [2.24, 2.45) is 0 Å². The lowest BCUT2D eigenvalue weighted by Crippen LogP contribution is -1.88. The van der Waals surface area contributed by atoms with Crippen LogP contribution in [0.1, 0.15) is 17.5 Å². The summed E-state index contributed by atoms with van der Waals surface area (Å²) in [4.78, 5) is 0. The van der Waals surface area contributed by atoms with Gasteiger partial charge in [0.1, 0.15) is 0 Å². The van der Waals surface area contributed by atoms with Crippen LogP contribution >= 0.6 is 0 Å². The summed E-state index contributed by atoms with van der Waals surface area (Å²) in [5, 5.41) is 0.